The van der Waals surface area contributed by atoms with Gasteiger partial charge in [0.15, 0.2) is 6.10 Å². The molecule has 2 aromatic rings. The molecule has 32 heavy (non-hydrogen) atoms. The van der Waals surface area contributed by atoms with Crippen molar-refractivity contribution in [2.24, 2.45) is 5.92 Å². The van der Waals surface area contributed by atoms with Crippen molar-refractivity contribution in [1.29, 1.82) is 0 Å². The minimum Gasteiger partial charge on any atom is -0.476 e. The molecular formula is C24H28N4O4. The molecule has 1 saturated heterocycles. The van der Waals surface area contributed by atoms with Crippen LogP contribution in [0.3, 0.4) is 0 Å². The van der Waals surface area contributed by atoms with Gasteiger partial charge in [0, 0.05) is 32.9 Å². The summed E-state index contributed by atoms with van der Waals surface area (Å²) in [4.78, 5) is 43.7. The van der Waals surface area contributed by atoms with E-state index in [9.17, 15) is 14.4 Å². The first kappa shape index (κ1) is 21.7. The molecule has 0 unspecified atom stereocenters. The average Bonchev–Trinajstić information content (AvgIpc) is 2.83. The minimum absolute atomic E-state index is 0.0884. The maximum absolute atomic E-state index is 13.6. The van der Waals surface area contributed by atoms with Crippen LogP contribution in [0.25, 0.3) is 0 Å². The molecule has 0 spiro atoms. The smallest absolute Gasteiger partial charge is 0.321 e. The van der Waals surface area contributed by atoms with Gasteiger partial charge in [-0.05, 0) is 37.1 Å². The molecule has 1 N–H and O–H groups in total. The number of rotatable bonds is 3. The maximum Gasteiger partial charge on any atom is 0.321 e. The van der Waals surface area contributed by atoms with Gasteiger partial charge in [0.1, 0.15) is 5.75 Å². The number of benzene rings is 2. The first-order valence-electron chi connectivity index (χ1n) is 10.8. The number of likely N-dealkylation sites (tertiary alicyclic amines) is 1. The number of nitrogens with one attached hydrogen (secondary N) is 1. The van der Waals surface area contributed by atoms with E-state index in [1.54, 1.807) is 30.0 Å². The number of fused-ring (bicyclic) bond motifs is 1. The second kappa shape index (κ2) is 9.30. The van der Waals surface area contributed by atoms with E-state index in [0.717, 1.165) is 12.1 Å². The van der Waals surface area contributed by atoms with Crippen molar-refractivity contribution < 1.29 is 19.1 Å². The number of ether oxygens (including phenoxy) is 1. The van der Waals surface area contributed by atoms with E-state index < -0.39 is 6.10 Å². The van der Waals surface area contributed by atoms with Crippen molar-refractivity contribution in [1.82, 2.24) is 9.80 Å². The van der Waals surface area contributed by atoms with Crippen LogP contribution in [0.1, 0.15) is 12.8 Å². The molecule has 4 rings (SSSR count). The number of piperidine rings is 1. The summed E-state index contributed by atoms with van der Waals surface area (Å²) in [6.45, 7) is 1.09. The van der Waals surface area contributed by atoms with Crippen molar-refractivity contribution in [3.05, 3.63) is 54.6 Å². The number of carbonyl (C=O) groups excluding carboxylic acids is 3. The molecule has 8 nitrogen and oxygen atoms in total. The van der Waals surface area contributed by atoms with E-state index in [0.29, 0.717) is 30.9 Å². The number of urea groups is 1. The molecule has 2 heterocycles. The third-order valence-corrected chi connectivity index (χ3v) is 5.84. The molecule has 4 amide bonds. The van der Waals surface area contributed by atoms with Crippen molar-refractivity contribution >= 4 is 29.2 Å². The fourth-order valence-corrected chi connectivity index (χ4v) is 4.17. The van der Waals surface area contributed by atoms with Crippen LogP contribution in [0.4, 0.5) is 16.2 Å². The molecule has 0 bridgehead atoms. The van der Waals surface area contributed by atoms with Gasteiger partial charge in [0.25, 0.3) is 5.91 Å². The highest BCUT2D eigenvalue weighted by Crippen LogP contribution is 2.35. The Bertz CT molecular complexity index is 995. The number of carbonyl (C=O) groups is 3. The van der Waals surface area contributed by atoms with E-state index >= 15 is 0 Å². The summed E-state index contributed by atoms with van der Waals surface area (Å²) >= 11 is 0. The SMILES string of the molecule is CN(C)C(=O)[C@H]1CN(C(=O)[C@H]2CCCN(C(=O)Nc3ccccc3)C2)c2ccccc2O1. The second-order valence-corrected chi connectivity index (χ2v) is 8.34. The van der Waals surface area contributed by atoms with Crippen LogP contribution >= 0.6 is 0 Å². The normalized spacial score (nSPS) is 20.1. The number of amides is 4. The highest BCUT2D eigenvalue weighted by Gasteiger charge is 2.38. The van der Waals surface area contributed by atoms with E-state index in [1.807, 2.05) is 48.5 Å². The molecule has 2 aliphatic rings. The van der Waals surface area contributed by atoms with Crippen LogP contribution in [-0.2, 0) is 9.59 Å². The van der Waals surface area contributed by atoms with Crippen LogP contribution in [0.2, 0.25) is 0 Å². The molecular weight excluding hydrogens is 408 g/mol. The average molecular weight is 437 g/mol. The number of likely N-dealkylation sites (N-methyl/N-ethyl adjacent to an activating group) is 1. The Morgan fingerprint density at radius 2 is 1.72 bits per heavy atom. The highest BCUT2D eigenvalue weighted by atomic mass is 16.5. The molecule has 0 aliphatic carbocycles. The largest absolute Gasteiger partial charge is 0.476 e. The molecule has 2 aromatic carbocycles. The standard InChI is InChI=1S/C24H28N4O4/c1-26(2)23(30)21-16-28(19-12-6-7-13-20(19)32-21)22(29)17-9-8-14-27(15-17)24(31)25-18-10-4-3-5-11-18/h3-7,10-13,17,21H,8-9,14-16H2,1-2H3,(H,25,31)/t17-,21+/m0/s1. The van der Waals surface area contributed by atoms with Gasteiger partial charge in [-0.1, -0.05) is 30.3 Å². The van der Waals surface area contributed by atoms with Crippen molar-refractivity contribution in [2.45, 2.75) is 18.9 Å². The quantitative estimate of drug-likeness (QED) is 0.802. The van der Waals surface area contributed by atoms with Crippen LogP contribution in [0, 0.1) is 5.92 Å². The molecule has 1 fully saturated rings. The van der Waals surface area contributed by atoms with Gasteiger partial charge >= 0.3 is 6.03 Å². The molecule has 0 saturated carbocycles. The topological polar surface area (TPSA) is 82.2 Å². The van der Waals surface area contributed by atoms with Crippen molar-refractivity contribution in [2.75, 3.05) is 43.9 Å². The van der Waals surface area contributed by atoms with Gasteiger partial charge in [0.2, 0.25) is 5.91 Å². The van der Waals surface area contributed by atoms with Crippen LogP contribution in [0.5, 0.6) is 5.75 Å². The second-order valence-electron chi connectivity index (χ2n) is 8.34. The Hall–Kier alpha value is -3.55. The number of hydrogen-bond donors (Lipinski definition) is 1. The Labute approximate surface area is 187 Å². The van der Waals surface area contributed by atoms with Crippen molar-refractivity contribution in [3.63, 3.8) is 0 Å². The lowest BCUT2D eigenvalue weighted by molar-refractivity contribution is -0.136. The fourth-order valence-electron chi connectivity index (χ4n) is 4.17. The van der Waals surface area contributed by atoms with Gasteiger partial charge in [0.05, 0.1) is 18.2 Å². The summed E-state index contributed by atoms with van der Waals surface area (Å²) in [5.74, 6) is -0.104. The predicted molar refractivity (Wildman–Crippen MR) is 122 cm³/mol. The summed E-state index contributed by atoms with van der Waals surface area (Å²) in [6.07, 6.45) is 0.676. The van der Waals surface area contributed by atoms with Gasteiger partial charge < -0.3 is 24.8 Å². The number of hydrogen-bond acceptors (Lipinski definition) is 4. The minimum atomic E-state index is -0.759. The monoisotopic (exact) mass is 436 g/mol. The summed E-state index contributed by atoms with van der Waals surface area (Å²) in [6, 6.07) is 16.3. The van der Waals surface area contributed by atoms with Gasteiger partial charge in [-0.25, -0.2) is 4.79 Å². The van der Waals surface area contributed by atoms with Gasteiger partial charge in [-0.15, -0.1) is 0 Å². The number of anilines is 2. The molecule has 0 aromatic heterocycles. The van der Waals surface area contributed by atoms with Crippen LogP contribution < -0.4 is 15.0 Å². The molecule has 2 atom stereocenters. The number of para-hydroxylation sites is 3. The lowest BCUT2D eigenvalue weighted by Gasteiger charge is -2.39. The Morgan fingerprint density at radius 3 is 2.47 bits per heavy atom. The molecule has 2 aliphatic heterocycles. The maximum atomic E-state index is 13.6. The molecule has 8 heteroatoms. The zero-order chi connectivity index (χ0) is 22.7. The Morgan fingerprint density at radius 1 is 1.00 bits per heavy atom. The lowest BCUT2D eigenvalue weighted by Crippen LogP contribution is -2.54. The Balaban J connectivity index is 1.50. The predicted octanol–water partition coefficient (Wildman–Crippen LogP) is 2.81. The van der Waals surface area contributed by atoms with Crippen molar-refractivity contribution in [3.8, 4) is 5.75 Å². The van der Waals surface area contributed by atoms with E-state index in [-0.39, 0.29) is 30.3 Å². The van der Waals surface area contributed by atoms with Gasteiger partial charge in [-0.3, -0.25) is 9.59 Å². The number of nitrogens with zero attached hydrogens (tertiary/aromatic N) is 3. The van der Waals surface area contributed by atoms with E-state index in [1.165, 1.54) is 4.90 Å². The lowest BCUT2D eigenvalue weighted by atomic mass is 9.95. The van der Waals surface area contributed by atoms with E-state index in [4.69, 9.17) is 4.74 Å². The zero-order valence-electron chi connectivity index (χ0n) is 18.4. The first-order chi connectivity index (χ1) is 15.4. The third kappa shape index (κ3) is 4.54. The zero-order valence-corrected chi connectivity index (χ0v) is 18.4. The van der Waals surface area contributed by atoms with Crippen LogP contribution in [0.15, 0.2) is 54.6 Å². The van der Waals surface area contributed by atoms with E-state index in [2.05, 4.69) is 5.32 Å². The Kier molecular flexibility index (Phi) is 6.30. The first-order valence-corrected chi connectivity index (χ1v) is 10.8. The summed E-state index contributed by atoms with van der Waals surface area (Å²) in [5.41, 5.74) is 1.38. The summed E-state index contributed by atoms with van der Waals surface area (Å²) in [5, 5.41) is 2.89. The van der Waals surface area contributed by atoms with Gasteiger partial charge in [-0.2, -0.15) is 0 Å². The highest BCUT2D eigenvalue weighted by molar-refractivity contribution is 5.99. The molecule has 168 valence electrons. The third-order valence-electron chi connectivity index (χ3n) is 5.84. The summed E-state index contributed by atoms with van der Waals surface area (Å²) in [7, 11) is 3.34. The molecule has 0 radical (unpaired) electrons. The fraction of sp³-hybridized carbons (Fsp3) is 0.375. The van der Waals surface area contributed by atoms with Crippen LogP contribution in [-0.4, -0.2) is 67.5 Å². The summed E-state index contributed by atoms with van der Waals surface area (Å²) < 4.78 is 5.89.